The SMILES string of the molecule is CC(=O)OCC1OC(Oc2cc3oc(=O)c4ccccc4c3cc2Cl)C(OC(C)=O)C(OC(C)=O)C1OC(C)=O. The van der Waals surface area contributed by atoms with Gasteiger partial charge in [0.1, 0.15) is 24.0 Å². The Morgan fingerprint density at radius 2 is 1.40 bits per heavy atom. The molecule has 4 rings (SSSR count). The Hall–Kier alpha value is -4.16. The van der Waals surface area contributed by atoms with E-state index in [2.05, 4.69) is 0 Å². The molecule has 0 bridgehead atoms. The molecule has 3 aromatic rings. The van der Waals surface area contributed by atoms with Crippen molar-refractivity contribution < 1.29 is 52.0 Å². The number of carbonyl (C=O) groups is 4. The van der Waals surface area contributed by atoms with Crippen LogP contribution in [-0.4, -0.2) is 61.2 Å². The summed E-state index contributed by atoms with van der Waals surface area (Å²) in [5.74, 6) is -3.04. The van der Waals surface area contributed by atoms with Crippen molar-refractivity contribution in [3.63, 3.8) is 0 Å². The Morgan fingerprint density at radius 3 is 2.02 bits per heavy atom. The number of ether oxygens (including phenoxy) is 6. The van der Waals surface area contributed by atoms with Gasteiger partial charge in [-0.3, -0.25) is 19.2 Å². The molecule has 0 N–H and O–H groups in total. The van der Waals surface area contributed by atoms with Gasteiger partial charge in [0.05, 0.1) is 10.4 Å². The van der Waals surface area contributed by atoms with E-state index in [1.807, 2.05) is 0 Å². The van der Waals surface area contributed by atoms with Gasteiger partial charge in [0.15, 0.2) is 12.2 Å². The van der Waals surface area contributed by atoms with Gasteiger partial charge >= 0.3 is 29.5 Å². The topological polar surface area (TPSA) is 154 Å². The minimum absolute atomic E-state index is 0.0338. The van der Waals surface area contributed by atoms with Gasteiger partial charge in [-0.1, -0.05) is 29.8 Å². The molecule has 13 heteroatoms. The molecule has 1 aliphatic heterocycles. The first kappa shape index (κ1) is 28.8. The molecule has 1 aromatic heterocycles. The molecule has 212 valence electrons. The zero-order valence-corrected chi connectivity index (χ0v) is 22.6. The predicted octanol–water partition coefficient (Wildman–Crippen LogP) is 3.06. The summed E-state index contributed by atoms with van der Waals surface area (Å²) >= 11 is 6.54. The normalized spacial score (nSPS) is 22.4. The van der Waals surface area contributed by atoms with Gasteiger partial charge in [-0.05, 0) is 17.5 Å². The van der Waals surface area contributed by atoms with Crippen molar-refractivity contribution in [3.8, 4) is 5.75 Å². The Balaban J connectivity index is 1.78. The molecule has 1 saturated heterocycles. The highest BCUT2D eigenvalue weighted by atomic mass is 35.5. The summed E-state index contributed by atoms with van der Waals surface area (Å²) in [6.45, 7) is 4.06. The first-order valence-corrected chi connectivity index (χ1v) is 12.4. The smallest absolute Gasteiger partial charge is 0.344 e. The fraction of sp³-hybridized carbons (Fsp3) is 0.370. The molecule has 2 aromatic carbocycles. The minimum Gasteiger partial charge on any atom is -0.463 e. The van der Waals surface area contributed by atoms with Gasteiger partial charge in [0, 0.05) is 39.1 Å². The summed E-state index contributed by atoms with van der Waals surface area (Å²) in [4.78, 5) is 60.0. The molecule has 2 heterocycles. The maximum Gasteiger partial charge on any atom is 0.344 e. The molecule has 5 unspecified atom stereocenters. The van der Waals surface area contributed by atoms with Crippen molar-refractivity contribution in [2.24, 2.45) is 0 Å². The molecule has 0 aliphatic carbocycles. The van der Waals surface area contributed by atoms with Crippen LogP contribution in [0.3, 0.4) is 0 Å². The average Bonchev–Trinajstić information content (AvgIpc) is 2.87. The molecule has 5 atom stereocenters. The lowest BCUT2D eigenvalue weighted by atomic mass is 9.98. The Kier molecular flexibility index (Phi) is 8.60. The maximum atomic E-state index is 12.5. The van der Waals surface area contributed by atoms with Crippen molar-refractivity contribution >= 4 is 57.2 Å². The quantitative estimate of drug-likeness (QED) is 0.176. The highest BCUT2D eigenvalue weighted by Crippen LogP contribution is 2.36. The third-order valence-electron chi connectivity index (χ3n) is 5.87. The molecular weight excluding hydrogens is 552 g/mol. The van der Waals surface area contributed by atoms with Gasteiger partial charge < -0.3 is 32.8 Å². The lowest BCUT2D eigenvalue weighted by Gasteiger charge is -2.43. The van der Waals surface area contributed by atoms with Gasteiger partial charge in [-0.15, -0.1) is 0 Å². The van der Waals surface area contributed by atoms with Crippen LogP contribution in [0.1, 0.15) is 27.7 Å². The zero-order valence-electron chi connectivity index (χ0n) is 21.8. The van der Waals surface area contributed by atoms with Crippen molar-refractivity contribution in [2.45, 2.75) is 58.4 Å². The summed E-state index contributed by atoms with van der Waals surface area (Å²) < 4.78 is 38.6. The first-order chi connectivity index (χ1) is 18.9. The standard InChI is InChI=1S/C27H25ClO12/c1-12(29)34-11-22-23(35-13(2)30)24(36-14(3)31)25(37-15(4)32)27(40-22)39-21-10-20-18(9-19(21)28)16-7-5-6-8-17(16)26(33)38-20/h5-10,22-25,27H,11H2,1-4H3. The lowest BCUT2D eigenvalue weighted by molar-refractivity contribution is -0.288. The Morgan fingerprint density at radius 1 is 0.800 bits per heavy atom. The Labute approximate surface area is 231 Å². The molecule has 0 saturated carbocycles. The van der Waals surface area contributed by atoms with E-state index in [0.29, 0.717) is 16.2 Å². The van der Waals surface area contributed by atoms with Crippen molar-refractivity contribution in [2.75, 3.05) is 6.61 Å². The van der Waals surface area contributed by atoms with E-state index in [4.69, 9.17) is 44.4 Å². The molecule has 0 radical (unpaired) electrons. The summed E-state index contributed by atoms with van der Waals surface area (Å²) in [6, 6.07) is 9.72. The molecule has 40 heavy (non-hydrogen) atoms. The summed E-state index contributed by atoms with van der Waals surface area (Å²) in [6.07, 6.45) is -6.96. The Bertz CT molecular complexity index is 1530. The fourth-order valence-corrected chi connectivity index (χ4v) is 4.59. The van der Waals surface area contributed by atoms with E-state index < -0.39 is 66.8 Å². The third kappa shape index (κ3) is 6.35. The van der Waals surface area contributed by atoms with Crippen LogP contribution in [0.25, 0.3) is 21.7 Å². The highest BCUT2D eigenvalue weighted by molar-refractivity contribution is 6.33. The van der Waals surface area contributed by atoms with Gasteiger partial charge in [0.25, 0.3) is 0 Å². The number of fused-ring (bicyclic) bond motifs is 3. The molecule has 1 aliphatic rings. The number of carbonyl (C=O) groups excluding carboxylic acids is 4. The van der Waals surface area contributed by atoms with Crippen LogP contribution in [0.2, 0.25) is 5.02 Å². The van der Waals surface area contributed by atoms with Crippen LogP contribution in [0, 0.1) is 0 Å². The highest BCUT2D eigenvalue weighted by Gasteiger charge is 2.53. The van der Waals surface area contributed by atoms with Gasteiger partial charge in [-0.25, -0.2) is 4.79 Å². The summed E-state index contributed by atoms with van der Waals surface area (Å²) in [7, 11) is 0. The van der Waals surface area contributed by atoms with E-state index in [0.717, 1.165) is 27.7 Å². The number of halogens is 1. The van der Waals surface area contributed by atoms with E-state index in [9.17, 15) is 24.0 Å². The minimum atomic E-state index is -1.51. The van der Waals surface area contributed by atoms with E-state index >= 15 is 0 Å². The van der Waals surface area contributed by atoms with Crippen molar-refractivity contribution in [1.82, 2.24) is 0 Å². The second-order valence-electron chi connectivity index (χ2n) is 8.90. The maximum absolute atomic E-state index is 12.5. The van der Waals surface area contributed by atoms with Crippen LogP contribution in [0.4, 0.5) is 0 Å². The van der Waals surface area contributed by atoms with Crippen LogP contribution < -0.4 is 10.4 Å². The third-order valence-corrected chi connectivity index (χ3v) is 6.16. The molecule has 0 spiro atoms. The number of benzene rings is 2. The van der Waals surface area contributed by atoms with Crippen molar-refractivity contribution in [3.05, 3.63) is 51.8 Å². The monoisotopic (exact) mass is 576 g/mol. The number of hydrogen-bond donors (Lipinski definition) is 0. The first-order valence-electron chi connectivity index (χ1n) is 12.1. The number of hydrogen-bond acceptors (Lipinski definition) is 12. The second-order valence-corrected chi connectivity index (χ2v) is 9.31. The largest absolute Gasteiger partial charge is 0.463 e. The van der Waals surface area contributed by atoms with E-state index in [1.165, 1.54) is 12.1 Å². The predicted molar refractivity (Wildman–Crippen MR) is 138 cm³/mol. The summed E-state index contributed by atoms with van der Waals surface area (Å²) in [5.41, 5.74) is -0.433. The molecule has 1 fully saturated rings. The molecular formula is C27H25ClO12. The van der Waals surface area contributed by atoms with E-state index in [-0.39, 0.29) is 16.4 Å². The van der Waals surface area contributed by atoms with Crippen LogP contribution in [0.15, 0.2) is 45.6 Å². The molecule has 0 amide bonds. The fourth-order valence-electron chi connectivity index (χ4n) is 4.38. The number of rotatable bonds is 7. The van der Waals surface area contributed by atoms with Gasteiger partial charge in [0.2, 0.25) is 12.4 Å². The van der Waals surface area contributed by atoms with Crippen molar-refractivity contribution in [1.29, 1.82) is 0 Å². The molecule has 12 nitrogen and oxygen atoms in total. The van der Waals surface area contributed by atoms with Crippen LogP contribution >= 0.6 is 11.6 Å². The zero-order chi connectivity index (χ0) is 29.1. The lowest BCUT2D eigenvalue weighted by Crippen LogP contribution is -2.63. The van der Waals surface area contributed by atoms with Gasteiger partial charge in [-0.2, -0.15) is 0 Å². The summed E-state index contributed by atoms with van der Waals surface area (Å²) in [5, 5.41) is 1.59. The average molecular weight is 577 g/mol. The van der Waals surface area contributed by atoms with Crippen LogP contribution in [-0.2, 0) is 42.9 Å². The van der Waals surface area contributed by atoms with Crippen LogP contribution in [0.5, 0.6) is 5.75 Å². The van der Waals surface area contributed by atoms with E-state index in [1.54, 1.807) is 24.3 Å². The second kappa shape index (κ2) is 11.9. The number of esters is 4.